The lowest BCUT2D eigenvalue weighted by Gasteiger charge is -2.19. The first kappa shape index (κ1) is 15.5. The fraction of sp³-hybridized carbons (Fsp3) is 0.118. The minimum Gasteiger partial charge on any atom is -0.493 e. The molecule has 0 aliphatic rings. The van der Waals surface area contributed by atoms with Crippen molar-refractivity contribution in [2.24, 2.45) is 0 Å². The number of rotatable bonds is 5. The summed E-state index contributed by atoms with van der Waals surface area (Å²) < 4.78 is 5.21. The number of amides is 1. The number of aromatic amines is 1. The molecule has 0 unspecified atom stereocenters. The third-order valence-electron chi connectivity index (χ3n) is 3.37. The van der Waals surface area contributed by atoms with Gasteiger partial charge in [0.05, 0.1) is 18.1 Å². The Morgan fingerprint density at radius 2 is 2.00 bits per heavy atom. The maximum Gasteiger partial charge on any atom is 0.260 e. The summed E-state index contributed by atoms with van der Waals surface area (Å²) in [6, 6.07) is 12.1. The van der Waals surface area contributed by atoms with Gasteiger partial charge in [0.1, 0.15) is 6.29 Å². The molecular formula is C17H15N3O4. The third kappa shape index (κ3) is 2.91. The van der Waals surface area contributed by atoms with E-state index in [-0.39, 0.29) is 11.9 Å². The molecule has 0 fully saturated rings. The van der Waals surface area contributed by atoms with Crippen LogP contribution in [-0.2, 0) is 4.79 Å². The van der Waals surface area contributed by atoms with Crippen molar-refractivity contribution >= 4 is 29.2 Å². The van der Waals surface area contributed by atoms with Crippen molar-refractivity contribution in [3.05, 3.63) is 48.0 Å². The van der Waals surface area contributed by atoms with E-state index in [1.54, 1.807) is 12.1 Å². The van der Waals surface area contributed by atoms with Crippen LogP contribution >= 0.6 is 0 Å². The van der Waals surface area contributed by atoms with Crippen LogP contribution in [0.2, 0.25) is 0 Å². The van der Waals surface area contributed by atoms with Crippen molar-refractivity contribution in [3.63, 3.8) is 0 Å². The van der Waals surface area contributed by atoms with Gasteiger partial charge in [-0.25, -0.2) is 4.98 Å². The minimum absolute atomic E-state index is 0.255. The van der Waals surface area contributed by atoms with Crippen LogP contribution in [0.3, 0.4) is 0 Å². The van der Waals surface area contributed by atoms with Crippen molar-refractivity contribution in [2.45, 2.75) is 6.92 Å². The van der Waals surface area contributed by atoms with E-state index in [0.29, 0.717) is 28.9 Å². The molecule has 0 aliphatic carbocycles. The Bertz CT molecular complexity index is 871. The number of hydroxylamine groups is 1. The van der Waals surface area contributed by atoms with Crippen LogP contribution in [0.1, 0.15) is 17.3 Å². The second-order valence-corrected chi connectivity index (χ2v) is 5.01. The molecule has 0 radical (unpaired) electrons. The van der Waals surface area contributed by atoms with E-state index in [1.165, 1.54) is 20.1 Å². The van der Waals surface area contributed by atoms with Gasteiger partial charge in [0.15, 0.2) is 11.5 Å². The van der Waals surface area contributed by atoms with Crippen molar-refractivity contribution in [1.29, 1.82) is 0 Å². The zero-order valence-corrected chi connectivity index (χ0v) is 13.1. The summed E-state index contributed by atoms with van der Waals surface area (Å²) in [6.45, 7) is 1.36. The number of ether oxygens (including phenoxy) is 1. The summed E-state index contributed by atoms with van der Waals surface area (Å²) in [6.07, 6.45) is 0.703. The van der Waals surface area contributed by atoms with E-state index in [0.717, 1.165) is 10.6 Å². The van der Waals surface area contributed by atoms with E-state index in [2.05, 4.69) is 9.97 Å². The normalized spacial score (nSPS) is 10.4. The monoisotopic (exact) mass is 325 g/mol. The number of methoxy groups -OCH3 is 1. The number of para-hydroxylation sites is 2. The second-order valence-electron chi connectivity index (χ2n) is 5.01. The average molecular weight is 325 g/mol. The number of aromatic nitrogens is 2. The fourth-order valence-corrected chi connectivity index (χ4v) is 2.22. The molecule has 1 N–H and O–H groups in total. The molecule has 1 heterocycles. The van der Waals surface area contributed by atoms with Crippen LogP contribution in [0.15, 0.2) is 42.5 Å². The smallest absolute Gasteiger partial charge is 0.260 e. The van der Waals surface area contributed by atoms with Gasteiger partial charge in [0.2, 0.25) is 5.95 Å². The van der Waals surface area contributed by atoms with Gasteiger partial charge in [-0.2, -0.15) is 0 Å². The summed E-state index contributed by atoms with van der Waals surface area (Å²) >= 11 is 0. The first-order chi connectivity index (χ1) is 11.6. The predicted molar refractivity (Wildman–Crippen MR) is 88.3 cm³/mol. The van der Waals surface area contributed by atoms with Crippen molar-refractivity contribution in [1.82, 2.24) is 9.97 Å². The van der Waals surface area contributed by atoms with Crippen molar-refractivity contribution in [3.8, 4) is 11.5 Å². The molecule has 0 saturated carbocycles. The first-order valence-corrected chi connectivity index (χ1v) is 7.19. The van der Waals surface area contributed by atoms with Gasteiger partial charge in [-0.3, -0.25) is 9.59 Å². The van der Waals surface area contributed by atoms with Crippen LogP contribution in [0.4, 0.5) is 5.95 Å². The Morgan fingerprint density at radius 3 is 2.67 bits per heavy atom. The summed E-state index contributed by atoms with van der Waals surface area (Å²) in [5.41, 5.74) is 1.94. The summed E-state index contributed by atoms with van der Waals surface area (Å²) in [5, 5.41) is 1.04. The number of nitrogens with one attached hydrogen (secondary N) is 1. The molecular weight excluding hydrogens is 310 g/mol. The number of anilines is 1. The van der Waals surface area contributed by atoms with Gasteiger partial charge < -0.3 is 14.6 Å². The summed E-state index contributed by atoms with van der Waals surface area (Å²) in [7, 11) is 1.45. The molecule has 3 aromatic rings. The number of hydrogen-bond acceptors (Lipinski definition) is 5. The number of carbonyl (C=O) groups is 2. The standard InChI is InChI=1S/C17H15N3O4/c1-11(22)20(17-18-13-5-3-4-6-14(13)19-17)24-15-8-7-12(10-21)9-16(15)23-2/h3-10H,1-2H3,(H,18,19). The molecule has 0 aliphatic heterocycles. The molecule has 0 spiro atoms. The highest BCUT2D eigenvalue weighted by Gasteiger charge is 2.20. The maximum atomic E-state index is 12.0. The van der Waals surface area contributed by atoms with Crippen LogP contribution < -0.4 is 14.6 Å². The lowest BCUT2D eigenvalue weighted by atomic mass is 10.2. The molecule has 1 amide bonds. The number of carbonyl (C=O) groups excluding carboxylic acids is 2. The zero-order valence-electron chi connectivity index (χ0n) is 13.1. The number of hydrogen-bond donors (Lipinski definition) is 1. The Labute approximate surface area is 137 Å². The topological polar surface area (TPSA) is 84.5 Å². The Balaban J connectivity index is 1.97. The van der Waals surface area contributed by atoms with E-state index in [1.807, 2.05) is 24.3 Å². The molecule has 3 rings (SSSR count). The van der Waals surface area contributed by atoms with Gasteiger partial charge in [0.25, 0.3) is 5.91 Å². The number of benzene rings is 2. The number of aldehydes is 1. The van der Waals surface area contributed by atoms with Crippen LogP contribution in [0.25, 0.3) is 11.0 Å². The van der Waals surface area contributed by atoms with E-state index < -0.39 is 0 Å². The van der Waals surface area contributed by atoms with Gasteiger partial charge >= 0.3 is 0 Å². The summed E-state index contributed by atoms with van der Waals surface area (Å²) in [4.78, 5) is 35.9. The van der Waals surface area contributed by atoms with Crippen LogP contribution in [0.5, 0.6) is 11.5 Å². The summed E-state index contributed by atoms with van der Waals surface area (Å²) in [5.74, 6) is 0.515. The molecule has 7 heteroatoms. The highest BCUT2D eigenvalue weighted by atomic mass is 16.7. The number of H-pyrrole nitrogens is 1. The molecule has 0 bridgehead atoms. The van der Waals surface area contributed by atoms with E-state index in [4.69, 9.17) is 9.57 Å². The molecule has 1 aromatic heterocycles. The Kier molecular flexibility index (Phi) is 4.15. The fourth-order valence-electron chi connectivity index (χ4n) is 2.22. The molecule has 122 valence electrons. The van der Waals surface area contributed by atoms with Crippen molar-refractivity contribution < 1.29 is 19.2 Å². The molecule has 24 heavy (non-hydrogen) atoms. The molecule has 7 nitrogen and oxygen atoms in total. The third-order valence-corrected chi connectivity index (χ3v) is 3.37. The van der Waals surface area contributed by atoms with E-state index >= 15 is 0 Å². The van der Waals surface area contributed by atoms with Crippen LogP contribution in [0, 0.1) is 0 Å². The number of fused-ring (bicyclic) bond motifs is 1. The number of imidazole rings is 1. The number of nitrogens with zero attached hydrogens (tertiary/aromatic N) is 2. The van der Waals surface area contributed by atoms with Crippen molar-refractivity contribution in [2.75, 3.05) is 12.2 Å². The van der Waals surface area contributed by atoms with Crippen LogP contribution in [-0.4, -0.2) is 29.3 Å². The maximum absolute atomic E-state index is 12.0. The Hall–Kier alpha value is -3.35. The minimum atomic E-state index is -0.365. The van der Waals surface area contributed by atoms with Gasteiger partial charge in [-0.15, -0.1) is 5.06 Å². The molecule has 0 atom stereocenters. The first-order valence-electron chi connectivity index (χ1n) is 7.19. The quantitative estimate of drug-likeness (QED) is 0.576. The molecule has 2 aromatic carbocycles. The lowest BCUT2D eigenvalue weighted by molar-refractivity contribution is -0.120. The second kappa shape index (κ2) is 6.41. The largest absolute Gasteiger partial charge is 0.493 e. The van der Waals surface area contributed by atoms with Gasteiger partial charge in [-0.1, -0.05) is 12.1 Å². The lowest BCUT2D eigenvalue weighted by Crippen LogP contribution is -2.33. The highest BCUT2D eigenvalue weighted by molar-refractivity contribution is 5.90. The van der Waals surface area contributed by atoms with E-state index in [9.17, 15) is 9.59 Å². The van der Waals surface area contributed by atoms with Gasteiger partial charge in [0, 0.05) is 12.5 Å². The SMILES string of the molecule is COc1cc(C=O)ccc1ON(C(C)=O)c1nc2ccccc2[nH]1. The average Bonchev–Trinajstić information content (AvgIpc) is 3.02. The highest BCUT2D eigenvalue weighted by Crippen LogP contribution is 2.29. The predicted octanol–water partition coefficient (Wildman–Crippen LogP) is 2.73. The Morgan fingerprint density at radius 1 is 1.21 bits per heavy atom. The van der Waals surface area contributed by atoms with Gasteiger partial charge in [-0.05, 0) is 30.3 Å². The zero-order chi connectivity index (χ0) is 17.1. The molecule has 0 saturated heterocycles.